The molecule has 4 rings (SSSR count). The van der Waals surface area contributed by atoms with Crippen LogP contribution >= 0.6 is 0 Å². The van der Waals surface area contributed by atoms with Gasteiger partial charge in [0.1, 0.15) is 5.75 Å². The molecule has 2 aliphatic rings. The van der Waals surface area contributed by atoms with Gasteiger partial charge < -0.3 is 14.8 Å². The van der Waals surface area contributed by atoms with E-state index < -0.39 is 0 Å². The van der Waals surface area contributed by atoms with Gasteiger partial charge in [-0.1, -0.05) is 42.4 Å². The van der Waals surface area contributed by atoms with E-state index >= 15 is 0 Å². The molecule has 0 aromatic heterocycles. The smallest absolute Gasteiger partial charge is 0.119 e. The van der Waals surface area contributed by atoms with Crippen molar-refractivity contribution in [3.05, 3.63) is 65.2 Å². The molecule has 1 fully saturated rings. The van der Waals surface area contributed by atoms with Gasteiger partial charge in [-0.2, -0.15) is 0 Å². The summed E-state index contributed by atoms with van der Waals surface area (Å²) in [6, 6.07) is 17.0. The second-order valence-corrected chi connectivity index (χ2v) is 8.49. The maximum atomic E-state index is 9.86. The molecule has 1 unspecified atom stereocenters. The third-order valence-electron chi connectivity index (χ3n) is 6.62. The molecule has 0 radical (unpaired) electrons. The lowest BCUT2D eigenvalue weighted by molar-refractivity contribution is 0.159. The molecule has 4 heteroatoms. The van der Waals surface area contributed by atoms with Crippen molar-refractivity contribution in [1.29, 1.82) is 0 Å². The van der Waals surface area contributed by atoms with Gasteiger partial charge in [0.2, 0.25) is 0 Å². The van der Waals surface area contributed by atoms with Crippen molar-refractivity contribution in [2.45, 2.75) is 38.5 Å². The number of nitrogens with zero attached hydrogens (tertiary/aromatic N) is 2. The van der Waals surface area contributed by atoms with Crippen LogP contribution in [0.2, 0.25) is 0 Å². The van der Waals surface area contributed by atoms with Crippen molar-refractivity contribution in [2.24, 2.45) is 10.6 Å². The first-order valence-electron chi connectivity index (χ1n) is 10.3. The Hall–Kier alpha value is -2.33. The number of ether oxygens (including phenoxy) is 1. The molecular formula is C24H30N2O2. The number of methoxy groups -OCH3 is 1. The third kappa shape index (κ3) is 3.66. The molecule has 0 amide bonds. The molecule has 28 heavy (non-hydrogen) atoms. The monoisotopic (exact) mass is 378 g/mol. The van der Waals surface area contributed by atoms with E-state index in [4.69, 9.17) is 4.74 Å². The number of oxime groups is 1. The molecule has 0 bridgehead atoms. The van der Waals surface area contributed by atoms with Crippen molar-refractivity contribution in [1.82, 2.24) is 4.90 Å². The molecule has 0 spiro atoms. The largest absolute Gasteiger partial charge is 0.497 e. The quantitative estimate of drug-likeness (QED) is 0.619. The summed E-state index contributed by atoms with van der Waals surface area (Å²) in [4.78, 5) is 2.55. The molecule has 1 heterocycles. The summed E-state index contributed by atoms with van der Waals surface area (Å²) in [5, 5.41) is 13.6. The predicted molar refractivity (Wildman–Crippen MR) is 113 cm³/mol. The van der Waals surface area contributed by atoms with E-state index in [1.165, 1.54) is 24.0 Å². The van der Waals surface area contributed by atoms with Crippen LogP contribution in [0, 0.1) is 5.41 Å². The van der Waals surface area contributed by atoms with Crippen LogP contribution in [0.3, 0.4) is 0 Å². The van der Waals surface area contributed by atoms with Crippen molar-refractivity contribution in [3.63, 3.8) is 0 Å². The number of hydrogen-bond acceptors (Lipinski definition) is 4. The number of benzene rings is 2. The highest BCUT2D eigenvalue weighted by atomic mass is 16.5. The van der Waals surface area contributed by atoms with Crippen LogP contribution in [0.15, 0.2) is 53.7 Å². The Morgan fingerprint density at radius 1 is 1.14 bits per heavy atom. The number of likely N-dealkylation sites (tertiary alicyclic amines) is 1. The molecule has 1 aliphatic heterocycles. The van der Waals surface area contributed by atoms with Crippen LogP contribution in [0.4, 0.5) is 0 Å². The van der Waals surface area contributed by atoms with Crippen LogP contribution in [-0.2, 0) is 6.42 Å². The lowest BCUT2D eigenvalue weighted by atomic mass is 9.70. The lowest BCUT2D eigenvalue weighted by Gasteiger charge is -2.42. The summed E-state index contributed by atoms with van der Waals surface area (Å²) in [5.74, 6) is 1.53. The summed E-state index contributed by atoms with van der Waals surface area (Å²) in [7, 11) is 1.69. The highest BCUT2D eigenvalue weighted by Crippen LogP contribution is 2.39. The molecule has 2 aromatic carbocycles. The van der Waals surface area contributed by atoms with Gasteiger partial charge in [-0.25, -0.2) is 0 Å². The van der Waals surface area contributed by atoms with Gasteiger partial charge in [-0.3, -0.25) is 0 Å². The zero-order valence-corrected chi connectivity index (χ0v) is 16.9. The first-order chi connectivity index (χ1) is 13.6. The zero-order valence-electron chi connectivity index (χ0n) is 16.9. The minimum absolute atomic E-state index is 0.129. The molecule has 2 aromatic rings. The molecule has 1 aliphatic carbocycles. The van der Waals surface area contributed by atoms with E-state index in [0.717, 1.165) is 49.5 Å². The second-order valence-electron chi connectivity index (χ2n) is 8.49. The van der Waals surface area contributed by atoms with Gasteiger partial charge in [0.05, 0.1) is 12.8 Å². The minimum Gasteiger partial charge on any atom is -0.497 e. The van der Waals surface area contributed by atoms with Crippen LogP contribution < -0.4 is 4.74 Å². The fraction of sp³-hybridized carbons (Fsp3) is 0.458. The normalized spacial score (nSPS) is 24.9. The first-order valence-corrected chi connectivity index (χ1v) is 10.3. The average Bonchev–Trinajstić information content (AvgIpc) is 2.74. The summed E-state index contributed by atoms with van der Waals surface area (Å²) in [6.07, 6.45) is 4.37. The fourth-order valence-electron chi connectivity index (χ4n) is 4.96. The maximum absolute atomic E-state index is 9.86. The highest BCUT2D eigenvalue weighted by Gasteiger charge is 2.39. The molecule has 1 saturated heterocycles. The molecule has 1 atom stereocenters. The summed E-state index contributed by atoms with van der Waals surface area (Å²) in [6.45, 7) is 5.39. The minimum atomic E-state index is -0.129. The summed E-state index contributed by atoms with van der Waals surface area (Å²) >= 11 is 0. The average molecular weight is 379 g/mol. The van der Waals surface area contributed by atoms with Crippen LogP contribution in [0.25, 0.3) is 0 Å². The van der Waals surface area contributed by atoms with Gasteiger partial charge in [0.15, 0.2) is 0 Å². The Balaban J connectivity index is 1.46. The van der Waals surface area contributed by atoms with E-state index in [-0.39, 0.29) is 5.41 Å². The van der Waals surface area contributed by atoms with Crippen LogP contribution in [-0.4, -0.2) is 42.6 Å². The topological polar surface area (TPSA) is 45.1 Å². The standard InChI is InChI=1S/C24H30N2O2/c1-24(13-10-20-16-21(28-2)8-9-22(20)23(24)25-27)17-26-14-11-19(12-15-26)18-6-4-3-5-7-18/h3-9,16,19,27H,10-15,17H2,1-2H3/b25-23-. The second kappa shape index (κ2) is 7.96. The van der Waals surface area contributed by atoms with Crippen molar-refractivity contribution >= 4 is 5.71 Å². The van der Waals surface area contributed by atoms with Crippen molar-refractivity contribution in [3.8, 4) is 5.75 Å². The summed E-state index contributed by atoms with van der Waals surface area (Å²) < 4.78 is 5.36. The van der Waals surface area contributed by atoms with Crippen LogP contribution in [0.5, 0.6) is 5.75 Å². The molecular weight excluding hydrogens is 348 g/mol. The molecule has 0 saturated carbocycles. The van der Waals surface area contributed by atoms with E-state index in [1.807, 2.05) is 12.1 Å². The van der Waals surface area contributed by atoms with Gasteiger partial charge >= 0.3 is 0 Å². The number of hydrogen-bond donors (Lipinski definition) is 1. The Kier molecular flexibility index (Phi) is 5.40. The predicted octanol–water partition coefficient (Wildman–Crippen LogP) is 4.71. The van der Waals surface area contributed by atoms with Gasteiger partial charge in [0, 0.05) is 17.5 Å². The first kappa shape index (κ1) is 19.0. The van der Waals surface area contributed by atoms with Crippen molar-refractivity contribution in [2.75, 3.05) is 26.7 Å². The Labute approximate surface area is 167 Å². The van der Waals surface area contributed by atoms with E-state index in [1.54, 1.807) is 7.11 Å². The number of fused-ring (bicyclic) bond motifs is 1. The fourth-order valence-corrected chi connectivity index (χ4v) is 4.96. The Morgan fingerprint density at radius 3 is 2.57 bits per heavy atom. The van der Waals surface area contributed by atoms with E-state index in [9.17, 15) is 5.21 Å². The Morgan fingerprint density at radius 2 is 1.89 bits per heavy atom. The van der Waals surface area contributed by atoms with Gasteiger partial charge in [-0.15, -0.1) is 0 Å². The van der Waals surface area contributed by atoms with Crippen molar-refractivity contribution < 1.29 is 9.94 Å². The maximum Gasteiger partial charge on any atom is 0.119 e. The number of piperidine rings is 1. The van der Waals surface area contributed by atoms with Crippen LogP contribution in [0.1, 0.15) is 48.8 Å². The zero-order chi connectivity index (χ0) is 19.6. The third-order valence-corrected chi connectivity index (χ3v) is 6.62. The number of aryl methyl sites for hydroxylation is 1. The van der Waals surface area contributed by atoms with Gasteiger partial charge in [0.25, 0.3) is 0 Å². The number of rotatable bonds is 4. The highest BCUT2D eigenvalue weighted by molar-refractivity contribution is 6.06. The molecule has 1 N–H and O–H groups in total. The molecule has 148 valence electrons. The lowest BCUT2D eigenvalue weighted by Crippen LogP contribution is -2.46. The van der Waals surface area contributed by atoms with Gasteiger partial charge in [-0.05, 0) is 74.0 Å². The SMILES string of the molecule is COc1ccc2c(c1)CCC(C)(CN1CCC(c3ccccc3)CC1)/C2=N\O. The summed E-state index contributed by atoms with van der Waals surface area (Å²) in [5.41, 5.74) is 4.44. The Bertz CT molecular complexity index is 841. The molecule has 4 nitrogen and oxygen atoms in total. The van der Waals surface area contributed by atoms with E-state index in [0.29, 0.717) is 5.92 Å². The van der Waals surface area contributed by atoms with E-state index in [2.05, 4.69) is 53.4 Å².